The zero-order chi connectivity index (χ0) is 25.4. The van der Waals surface area contributed by atoms with Gasteiger partial charge in [0.1, 0.15) is 0 Å². The molecule has 0 unspecified atom stereocenters. The molecule has 0 atom stereocenters. The minimum Gasteiger partial charge on any atom is -0.380 e. The summed E-state index contributed by atoms with van der Waals surface area (Å²) < 4.78 is 34.1. The maximum absolute atomic E-state index is 13.6. The van der Waals surface area contributed by atoms with Crippen LogP contribution in [0.3, 0.4) is 0 Å². The van der Waals surface area contributed by atoms with Crippen LogP contribution in [0.1, 0.15) is 48.6 Å². The molecule has 194 valence electrons. The van der Waals surface area contributed by atoms with E-state index in [9.17, 15) is 8.42 Å². The van der Waals surface area contributed by atoms with Crippen molar-refractivity contribution in [3.8, 4) is 11.3 Å². The Labute approximate surface area is 222 Å². The molecule has 0 spiro atoms. The summed E-state index contributed by atoms with van der Waals surface area (Å²) in [5.41, 5.74) is 3.24. The van der Waals surface area contributed by atoms with E-state index in [0.717, 1.165) is 67.2 Å². The van der Waals surface area contributed by atoms with E-state index in [1.165, 1.54) is 22.4 Å². The van der Waals surface area contributed by atoms with Crippen molar-refractivity contribution in [3.05, 3.63) is 64.7 Å². The second kappa shape index (κ2) is 10.3. The minimum absolute atomic E-state index is 0.246. The molecule has 1 aliphatic carbocycles. The van der Waals surface area contributed by atoms with Gasteiger partial charge in [0.15, 0.2) is 5.65 Å². The van der Waals surface area contributed by atoms with Crippen LogP contribution in [-0.4, -0.2) is 59.6 Å². The molecular formula is C28H32N4O3S2. The largest absolute Gasteiger partial charge is 0.380 e. The first-order valence-corrected chi connectivity index (χ1v) is 15.4. The van der Waals surface area contributed by atoms with Crippen LogP contribution < -0.4 is 0 Å². The third-order valence-electron chi connectivity index (χ3n) is 7.77. The van der Waals surface area contributed by atoms with Crippen molar-refractivity contribution in [2.24, 2.45) is 0 Å². The van der Waals surface area contributed by atoms with E-state index < -0.39 is 10.0 Å². The van der Waals surface area contributed by atoms with E-state index in [2.05, 4.69) is 16.0 Å². The van der Waals surface area contributed by atoms with E-state index >= 15 is 0 Å². The van der Waals surface area contributed by atoms with Crippen LogP contribution in [0, 0.1) is 6.92 Å². The SMILES string of the molecule is Cc1nc(-c2cn(S(=O)(=O)c3ccccc3)c3ncc(C4CCC(N5CCCOCC5)CC4)cc23)cs1. The Morgan fingerprint density at radius 1 is 1.05 bits per heavy atom. The fourth-order valence-corrected chi connectivity index (χ4v) is 7.76. The van der Waals surface area contributed by atoms with Crippen LogP contribution in [0.2, 0.25) is 0 Å². The summed E-state index contributed by atoms with van der Waals surface area (Å²) in [6, 6.07) is 11.3. The van der Waals surface area contributed by atoms with Crippen molar-refractivity contribution in [1.82, 2.24) is 18.8 Å². The summed E-state index contributed by atoms with van der Waals surface area (Å²) in [6.07, 6.45) is 9.26. The molecule has 1 aromatic carbocycles. The highest BCUT2D eigenvalue weighted by Crippen LogP contribution is 2.38. The third-order valence-corrected chi connectivity index (χ3v) is 10.2. The minimum atomic E-state index is -3.79. The number of fused-ring (bicyclic) bond motifs is 1. The fourth-order valence-electron chi connectivity index (χ4n) is 5.80. The second-order valence-corrected chi connectivity index (χ2v) is 12.9. The van der Waals surface area contributed by atoms with Crippen LogP contribution in [0.4, 0.5) is 0 Å². The van der Waals surface area contributed by atoms with E-state index in [-0.39, 0.29) is 4.90 Å². The number of hydrogen-bond donors (Lipinski definition) is 0. The van der Waals surface area contributed by atoms with Crippen LogP contribution in [-0.2, 0) is 14.8 Å². The lowest BCUT2D eigenvalue weighted by molar-refractivity contribution is 0.118. The predicted molar refractivity (Wildman–Crippen MR) is 147 cm³/mol. The highest BCUT2D eigenvalue weighted by atomic mass is 32.2. The molecule has 4 aromatic rings. The Hall–Kier alpha value is -2.59. The van der Waals surface area contributed by atoms with Gasteiger partial charge in [0.05, 0.1) is 22.2 Å². The number of aryl methyl sites for hydroxylation is 1. The number of hydrogen-bond acceptors (Lipinski definition) is 7. The van der Waals surface area contributed by atoms with E-state index in [1.807, 2.05) is 24.6 Å². The summed E-state index contributed by atoms with van der Waals surface area (Å²) in [4.78, 5) is 12.3. The molecule has 0 amide bonds. The Bertz CT molecular complexity index is 1480. The number of nitrogens with zero attached hydrogens (tertiary/aromatic N) is 4. The first-order valence-electron chi connectivity index (χ1n) is 13.1. The average Bonchev–Trinajstić information content (AvgIpc) is 3.42. The predicted octanol–water partition coefficient (Wildman–Crippen LogP) is 5.45. The van der Waals surface area contributed by atoms with Gasteiger partial charge in [0, 0.05) is 54.5 Å². The quantitative estimate of drug-likeness (QED) is 0.337. The number of rotatable bonds is 5. The first-order chi connectivity index (χ1) is 18.0. The molecule has 6 rings (SSSR count). The van der Waals surface area contributed by atoms with Crippen molar-refractivity contribution in [2.45, 2.75) is 55.9 Å². The number of pyridine rings is 1. The Morgan fingerprint density at radius 2 is 1.86 bits per heavy atom. The summed E-state index contributed by atoms with van der Waals surface area (Å²) in [7, 11) is -3.79. The molecular weight excluding hydrogens is 504 g/mol. The van der Waals surface area contributed by atoms with Crippen molar-refractivity contribution >= 4 is 32.4 Å². The van der Waals surface area contributed by atoms with Crippen LogP contribution in [0.15, 0.2) is 59.1 Å². The Morgan fingerprint density at radius 3 is 2.62 bits per heavy atom. The number of benzene rings is 1. The molecule has 0 bridgehead atoms. The first kappa shape index (κ1) is 24.7. The normalized spacial score (nSPS) is 21.8. The molecule has 0 radical (unpaired) electrons. The molecule has 4 heterocycles. The lowest BCUT2D eigenvalue weighted by Gasteiger charge is -2.36. The topological polar surface area (TPSA) is 77.3 Å². The van der Waals surface area contributed by atoms with E-state index in [1.54, 1.807) is 41.8 Å². The van der Waals surface area contributed by atoms with Gasteiger partial charge in [-0.3, -0.25) is 4.90 Å². The smallest absolute Gasteiger partial charge is 0.269 e. The Kier molecular flexibility index (Phi) is 6.88. The highest BCUT2D eigenvalue weighted by Gasteiger charge is 2.29. The summed E-state index contributed by atoms with van der Waals surface area (Å²) >= 11 is 1.56. The van der Waals surface area contributed by atoms with Crippen LogP contribution >= 0.6 is 11.3 Å². The van der Waals surface area contributed by atoms with Gasteiger partial charge in [-0.05, 0) is 68.7 Å². The van der Waals surface area contributed by atoms with Crippen LogP contribution in [0.25, 0.3) is 22.3 Å². The van der Waals surface area contributed by atoms with Gasteiger partial charge in [-0.25, -0.2) is 22.4 Å². The number of aromatic nitrogens is 3. The zero-order valence-corrected chi connectivity index (χ0v) is 22.7. The monoisotopic (exact) mass is 536 g/mol. The van der Waals surface area contributed by atoms with Crippen molar-refractivity contribution in [3.63, 3.8) is 0 Å². The maximum Gasteiger partial charge on any atom is 0.269 e. The van der Waals surface area contributed by atoms with Gasteiger partial charge in [0.2, 0.25) is 0 Å². The molecule has 1 saturated heterocycles. The molecule has 7 nitrogen and oxygen atoms in total. The summed E-state index contributed by atoms with van der Waals surface area (Å²) in [5, 5.41) is 3.78. The Balaban J connectivity index is 1.34. The third kappa shape index (κ3) is 4.85. The van der Waals surface area contributed by atoms with Crippen LogP contribution in [0.5, 0.6) is 0 Å². The molecule has 0 N–H and O–H groups in total. The van der Waals surface area contributed by atoms with Gasteiger partial charge >= 0.3 is 0 Å². The summed E-state index contributed by atoms with van der Waals surface area (Å²) in [5.74, 6) is 0.426. The molecule has 2 fully saturated rings. The van der Waals surface area contributed by atoms with Crippen molar-refractivity contribution < 1.29 is 13.2 Å². The highest BCUT2D eigenvalue weighted by molar-refractivity contribution is 7.90. The molecule has 3 aromatic heterocycles. The van der Waals surface area contributed by atoms with E-state index in [0.29, 0.717) is 17.6 Å². The average molecular weight is 537 g/mol. The van der Waals surface area contributed by atoms with Crippen molar-refractivity contribution in [1.29, 1.82) is 0 Å². The lowest BCUT2D eigenvalue weighted by Crippen LogP contribution is -2.39. The van der Waals surface area contributed by atoms with Gasteiger partial charge in [0.25, 0.3) is 10.0 Å². The molecule has 1 saturated carbocycles. The van der Waals surface area contributed by atoms with Gasteiger partial charge < -0.3 is 4.74 Å². The fraction of sp³-hybridized carbons (Fsp3) is 0.429. The summed E-state index contributed by atoms with van der Waals surface area (Å²) in [6.45, 7) is 5.83. The number of ether oxygens (including phenoxy) is 1. The lowest BCUT2D eigenvalue weighted by atomic mass is 9.81. The zero-order valence-electron chi connectivity index (χ0n) is 21.0. The van der Waals surface area contributed by atoms with Gasteiger partial charge in [-0.2, -0.15) is 0 Å². The van der Waals surface area contributed by atoms with Crippen molar-refractivity contribution in [2.75, 3.05) is 26.3 Å². The molecule has 1 aliphatic heterocycles. The molecule has 37 heavy (non-hydrogen) atoms. The van der Waals surface area contributed by atoms with E-state index in [4.69, 9.17) is 9.72 Å². The second-order valence-electron chi connectivity index (χ2n) is 10.1. The number of thiazole rings is 1. The maximum atomic E-state index is 13.6. The van der Waals surface area contributed by atoms with Gasteiger partial charge in [-0.15, -0.1) is 11.3 Å². The van der Waals surface area contributed by atoms with Gasteiger partial charge in [-0.1, -0.05) is 18.2 Å². The molecule has 2 aliphatic rings. The standard InChI is InChI=1S/C28H32N4O3S2/c1-20-30-27(19-36-20)26-18-32(37(33,34)24-6-3-2-4-7-24)28-25(26)16-22(17-29-28)21-8-10-23(11-9-21)31-12-5-14-35-15-13-31/h2-4,6-7,16-19,21,23H,5,8-15H2,1H3. The molecule has 9 heteroatoms.